The van der Waals surface area contributed by atoms with E-state index in [1.165, 1.54) is 36.1 Å². The van der Waals surface area contributed by atoms with E-state index in [1.54, 1.807) is 12.1 Å². The number of aromatic carboxylic acids is 1. The molecule has 0 unspecified atom stereocenters. The number of aromatic nitrogens is 2. The first-order valence-corrected chi connectivity index (χ1v) is 7.19. The molecule has 0 saturated carbocycles. The molecule has 8 heteroatoms. The molecule has 0 aliphatic heterocycles. The third kappa shape index (κ3) is 4.50. The van der Waals surface area contributed by atoms with Gasteiger partial charge in [0.15, 0.2) is 0 Å². The van der Waals surface area contributed by atoms with Crippen molar-refractivity contribution in [3.05, 3.63) is 63.6 Å². The number of carbonyl (C=O) groups excluding carboxylic acids is 1. The number of hydrogen-bond donors (Lipinski definition) is 2. The molecule has 0 fully saturated rings. The van der Waals surface area contributed by atoms with Gasteiger partial charge in [0, 0.05) is 19.7 Å². The van der Waals surface area contributed by atoms with Gasteiger partial charge in [0.05, 0.1) is 18.7 Å². The summed E-state index contributed by atoms with van der Waals surface area (Å²) in [5.41, 5.74) is 0.735. The van der Waals surface area contributed by atoms with Gasteiger partial charge in [0.1, 0.15) is 5.69 Å². The minimum Gasteiger partial charge on any atom is -0.478 e. The van der Waals surface area contributed by atoms with E-state index in [4.69, 9.17) is 9.84 Å². The Morgan fingerprint density at radius 1 is 1.21 bits per heavy atom. The molecule has 2 aromatic rings. The molecule has 0 spiro atoms. The van der Waals surface area contributed by atoms with Gasteiger partial charge in [0.25, 0.3) is 11.5 Å². The van der Waals surface area contributed by atoms with Crippen LogP contribution in [0.2, 0.25) is 0 Å². The van der Waals surface area contributed by atoms with Crippen LogP contribution < -0.4 is 10.9 Å². The van der Waals surface area contributed by atoms with E-state index in [-0.39, 0.29) is 29.9 Å². The molecule has 0 saturated heterocycles. The molecule has 1 aromatic carbocycles. The molecule has 0 bridgehead atoms. The maximum absolute atomic E-state index is 12.1. The smallest absolute Gasteiger partial charge is 0.335 e. The van der Waals surface area contributed by atoms with E-state index >= 15 is 0 Å². The van der Waals surface area contributed by atoms with Crippen LogP contribution in [0.4, 0.5) is 0 Å². The number of carboxylic acids is 1. The fraction of sp³-hybridized carbons (Fsp3) is 0.250. The number of carboxylic acid groups (broad SMARTS) is 1. The average molecular weight is 331 g/mol. The van der Waals surface area contributed by atoms with E-state index in [0.717, 1.165) is 5.56 Å². The molecule has 0 atom stereocenters. The standard InChI is InChI=1S/C16H17N3O5/c1-24-9-8-19-14(20)7-6-13(18-19)15(21)17-10-11-2-4-12(5-3-11)16(22)23/h2-7H,8-10H2,1H3,(H,17,21)(H,22,23). The predicted octanol–water partition coefficient (Wildman–Crippen LogP) is 0.518. The monoisotopic (exact) mass is 331 g/mol. The number of rotatable bonds is 7. The minimum atomic E-state index is -1.01. The van der Waals surface area contributed by atoms with E-state index in [1.807, 2.05) is 0 Å². The van der Waals surface area contributed by atoms with Gasteiger partial charge >= 0.3 is 5.97 Å². The van der Waals surface area contributed by atoms with Crippen molar-refractivity contribution in [2.45, 2.75) is 13.1 Å². The van der Waals surface area contributed by atoms with E-state index < -0.39 is 11.9 Å². The Morgan fingerprint density at radius 2 is 1.92 bits per heavy atom. The zero-order chi connectivity index (χ0) is 17.5. The molecule has 1 amide bonds. The van der Waals surface area contributed by atoms with Crippen molar-refractivity contribution in [2.75, 3.05) is 13.7 Å². The first kappa shape index (κ1) is 17.4. The molecule has 0 aliphatic carbocycles. The summed E-state index contributed by atoms with van der Waals surface area (Å²) in [5.74, 6) is -1.43. The normalized spacial score (nSPS) is 10.4. The van der Waals surface area contributed by atoms with Gasteiger partial charge in [-0.2, -0.15) is 5.10 Å². The number of ether oxygens (including phenoxy) is 1. The highest BCUT2D eigenvalue weighted by Gasteiger charge is 2.10. The summed E-state index contributed by atoms with van der Waals surface area (Å²) in [4.78, 5) is 34.5. The maximum atomic E-state index is 12.1. The Hall–Kier alpha value is -3.00. The summed E-state index contributed by atoms with van der Waals surface area (Å²) in [6.45, 7) is 0.790. The third-order valence-corrected chi connectivity index (χ3v) is 3.26. The lowest BCUT2D eigenvalue weighted by Crippen LogP contribution is -2.30. The molecule has 2 rings (SSSR count). The zero-order valence-corrected chi connectivity index (χ0v) is 13.1. The highest BCUT2D eigenvalue weighted by Crippen LogP contribution is 2.04. The SMILES string of the molecule is COCCn1nc(C(=O)NCc2ccc(C(=O)O)cc2)ccc1=O. The summed E-state index contributed by atoms with van der Waals surface area (Å²) in [6.07, 6.45) is 0. The Labute approximate surface area is 137 Å². The third-order valence-electron chi connectivity index (χ3n) is 3.26. The van der Waals surface area contributed by atoms with Crippen LogP contribution >= 0.6 is 0 Å². The molecule has 2 N–H and O–H groups in total. The highest BCUT2D eigenvalue weighted by molar-refractivity contribution is 5.92. The molecule has 24 heavy (non-hydrogen) atoms. The van der Waals surface area contributed by atoms with Crippen LogP contribution in [0.15, 0.2) is 41.2 Å². The lowest BCUT2D eigenvalue weighted by Gasteiger charge is -2.08. The van der Waals surface area contributed by atoms with Crippen LogP contribution in [-0.4, -0.2) is 40.5 Å². The predicted molar refractivity (Wildman–Crippen MR) is 84.9 cm³/mol. The van der Waals surface area contributed by atoms with Crippen molar-refractivity contribution in [2.24, 2.45) is 0 Å². The molecular formula is C16H17N3O5. The second-order valence-electron chi connectivity index (χ2n) is 4.96. The molecule has 1 aromatic heterocycles. The minimum absolute atomic E-state index is 0.118. The highest BCUT2D eigenvalue weighted by atomic mass is 16.5. The quantitative estimate of drug-likeness (QED) is 0.765. The number of amides is 1. The van der Waals surface area contributed by atoms with E-state index in [2.05, 4.69) is 10.4 Å². The number of nitrogens with one attached hydrogen (secondary N) is 1. The molecule has 1 heterocycles. The number of benzene rings is 1. The first-order chi connectivity index (χ1) is 11.5. The maximum Gasteiger partial charge on any atom is 0.335 e. The van der Waals surface area contributed by atoms with E-state index in [9.17, 15) is 14.4 Å². The summed E-state index contributed by atoms with van der Waals surface area (Å²) in [6, 6.07) is 8.81. The molecule has 126 valence electrons. The summed E-state index contributed by atoms with van der Waals surface area (Å²) < 4.78 is 6.06. The number of hydrogen-bond acceptors (Lipinski definition) is 5. The number of carbonyl (C=O) groups is 2. The molecule has 0 radical (unpaired) electrons. The van der Waals surface area contributed by atoms with Gasteiger partial charge in [-0.3, -0.25) is 9.59 Å². The van der Waals surface area contributed by atoms with Crippen molar-refractivity contribution in [3.8, 4) is 0 Å². The largest absolute Gasteiger partial charge is 0.478 e. The van der Waals surface area contributed by atoms with Gasteiger partial charge in [0.2, 0.25) is 0 Å². The van der Waals surface area contributed by atoms with Crippen molar-refractivity contribution in [1.29, 1.82) is 0 Å². The lowest BCUT2D eigenvalue weighted by molar-refractivity contribution is 0.0696. The summed E-state index contributed by atoms with van der Waals surface area (Å²) >= 11 is 0. The Bertz CT molecular complexity index is 783. The summed E-state index contributed by atoms with van der Waals surface area (Å²) in [7, 11) is 1.51. The number of methoxy groups -OCH3 is 1. The fourth-order valence-corrected chi connectivity index (χ4v) is 1.95. The van der Waals surface area contributed by atoms with Crippen molar-refractivity contribution < 1.29 is 19.4 Å². The van der Waals surface area contributed by atoms with Crippen LogP contribution in [-0.2, 0) is 17.8 Å². The topological polar surface area (TPSA) is 111 Å². The first-order valence-electron chi connectivity index (χ1n) is 7.19. The van der Waals surface area contributed by atoms with Crippen LogP contribution in [0, 0.1) is 0 Å². The van der Waals surface area contributed by atoms with Crippen LogP contribution in [0.3, 0.4) is 0 Å². The molecular weight excluding hydrogens is 314 g/mol. The van der Waals surface area contributed by atoms with E-state index in [0.29, 0.717) is 6.61 Å². The summed E-state index contributed by atoms with van der Waals surface area (Å²) in [5, 5.41) is 15.5. The van der Waals surface area contributed by atoms with Gasteiger partial charge in [-0.25, -0.2) is 9.48 Å². The van der Waals surface area contributed by atoms with Gasteiger partial charge in [-0.15, -0.1) is 0 Å². The fourth-order valence-electron chi connectivity index (χ4n) is 1.95. The molecule has 0 aliphatic rings. The second kappa shape index (κ2) is 8.02. The number of nitrogens with zero attached hydrogens (tertiary/aromatic N) is 2. The molecule has 8 nitrogen and oxygen atoms in total. The van der Waals surface area contributed by atoms with Crippen LogP contribution in [0.25, 0.3) is 0 Å². The van der Waals surface area contributed by atoms with Gasteiger partial charge in [-0.05, 0) is 23.8 Å². The van der Waals surface area contributed by atoms with Crippen LogP contribution in [0.5, 0.6) is 0 Å². The van der Waals surface area contributed by atoms with Gasteiger partial charge in [-0.1, -0.05) is 12.1 Å². The van der Waals surface area contributed by atoms with Crippen molar-refractivity contribution >= 4 is 11.9 Å². The van der Waals surface area contributed by atoms with Gasteiger partial charge < -0.3 is 15.2 Å². The van der Waals surface area contributed by atoms with Crippen LogP contribution in [0.1, 0.15) is 26.4 Å². The Balaban J connectivity index is 2.01. The Morgan fingerprint density at radius 3 is 2.54 bits per heavy atom. The average Bonchev–Trinajstić information content (AvgIpc) is 2.59. The lowest BCUT2D eigenvalue weighted by atomic mass is 10.1. The Kier molecular flexibility index (Phi) is 5.80. The zero-order valence-electron chi connectivity index (χ0n) is 13.1. The van der Waals surface area contributed by atoms with Crippen molar-refractivity contribution in [1.82, 2.24) is 15.1 Å². The second-order valence-corrected chi connectivity index (χ2v) is 4.96. The van der Waals surface area contributed by atoms with Crippen molar-refractivity contribution in [3.63, 3.8) is 0 Å².